The molecule has 6 nitrogen and oxygen atoms in total. The van der Waals surface area contributed by atoms with Crippen molar-refractivity contribution in [2.45, 2.75) is 57.9 Å². The molecule has 0 bridgehead atoms. The van der Waals surface area contributed by atoms with Crippen molar-refractivity contribution in [1.29, 1.82) is 0 Å². The average Bonchev–Trinajstić information content (AvgIpc) is 3.31. The monoisotopic (exact) mass is 395 g/mol. The van der Waals surface area contributed by atoms with Crippen LogP contribution in [0.4, 0.5) is 0 Å². The molecule has 3 heterocycles. The lowest BCUT2D eigenvalue weighted by Crippen LogP contribution is -2.61. The van der Waals surface area contributed by atoms with Gasteiger partial charge in [-0.3, -0.25) is 9.59 Å². The van der Waals surface area contributed by atoms with Gasteiger partial charge in [0, 0.05) is 25.2 Å². The Morgan fingerprint density at radius 3 is 2.62 bits per heavy atom. The molecule has 2 amide bonds. The van der Waals surface area contributed by atoms with Crippen molar-refractivity contribution < 1.29 is 14.0 Å². The van der Waals surface area contributed by atoms with E-state index >= 15 is 0 Å². The molecule has 2 saturated heterocycles. The van der Waals surface area contributed by atoms with Crippen LogP contribution < -0.4 is 0 Å². The average molecular weight is 396 g/mol. The van der Waals surface area contributed by atoms with E-state index in [4.69, 9.17) is 4.42 Å². The van der Waals surface area contributed by atoms with Crippen molar-refractivity contribution in [2.24, 2.45) is 0 Å². The maximum Gasteiger partial charge on any atom is 0.248 e. The summed E-state index contributed by atoms with van der Waals surface area (Å²) in [7, 11) is 0. The number of rotatable bonds is 5. The van der Waals surface area contributed by atoms with Crippen LogP contribution in [0.1, 0.15) is 50.5 Å². The molecule has 0 aliphatic carbocycles. The smallest absolute Gasteiger partial charge is 0.248 e. The van der Waals surface area contributed by atoms with E-state index < -0.39 is 5.54 Å². The van der Waals surface area contributed by atoms with E-state index in [0.717, 1.165) is 50.8 Å². The minimum Gasteiger partial charge on any atom is -0.441 e. The fraction of sp³-hybridized carbons (Fsp3) is 0.522. The van der Waals surface area contributed by atoms with Crippen LogP contribution in [0, 0.1) is 6.92 Å². The third-order valence-electron chi connectivity index (χ3n) is 6.22. The highest BCUT2D eigenvalue weighted by molar-refractivity contribution is 5.93. The summed E-state index contributed by atoms with van der Waals surface area (Å²) in [5.41, 5.74) is 0.902. The van der Waals surface area contributed by atoms with Crippen LogP contribution in [0.15, 0.2) is 34.7 Å². The fourth-order valence-electron chi connectivity index (χ4n) is 4.81. The molecule has 6 heteroatoms. The molecule has 154 valence electrons. The molecule has 1 aromatic heterocycles. The van der Waals surface area contributed by atoms with Crippen LogP contribution in [-0.4, -0.2) is 51.8 Å². The molecule has 0 saturated carbocycles. The van der Waals surface area contributed by atoms with Crippen molar-refractivity contribution in [3.8, 4) is 11.5 Å². The van der Waals surface area contributed by atoms with E-state index in [-0.39, 0.29) is 18.2 Å². The molecular formula is C23H29N3O3. The predicted molar refractivity (Wildman–Crippen MR) is 110 cm³/mol. The van der Waals surface area contributed by atoms with E-state index in [2.05, 4.69) is 11.9 Å². The Kier molecular flexibility index (Phi) is 5.43. The number of carbonyl (C=O) groups is 2. The molecule has 2 aromatic rings. The minimum atomic E-state index is -0.648. The molecule has 0 N–H and O–H groups in total. The second-order valence-electron chi connectivity index (χ2n) is 8.14. The zero-order valence-electron chi connectivity index (χ0n) is 17.3. The number of aromatic nitrogens is 1. The maximum absolute atomic E-state index is 13.3. The zero-order valence-corrected chi connectivity index (χ0v) is 17.3. The lowest BCUT2D eigenvalue weighted by atomic mass is 9.85. The molecule has 1 aromatic carbocycles. The number of benzene rings is 1. The van der Waals surface area contributed by atoms with E-state index in [0.29, 0.717) is 23.9 Å². The first kappa shape index (κ1) is 19.7. The first-order chi connectivity index (χ1) is 14.0. The maximum atomic E-state index is 13.3. The lowest BCUT2D eigenvalue weighted by Gasteiger charge is -2.44. The van der Waals surface area contributed by atoms with Gasteiger partial charge >= 0.3 is 0 Å². The van der Waals surface area contributed by atoms with E-state index in [9.17, 15) is 9.59 Å². The fourth-order valence-corrected chi connectivity index (χ4v) is 4.81. The molecule has 1 unspecified atom stereocenters. The van der Waals surface area contributed by atoms with Crippen LogP contribution in [-0.2, 0) is 16.0 Å². The van der Waals surface area contributed by atoms with Crippen molar-refractivity contribution in [3.63, 3.8) is 0 Å². The van der Waals surface area contributed by atoms with Gasteiger partial charge in [-0.1, -0.05) is 25.1 Å². The van der Waals surface area contributed by atoms with Gasteiger partial charge in [-0.05, 0) is 51.2 Å². The Balaban J connectivity index is 1.54. The summed E-state index contributed by atoms with van der Waals surface area (Å²) in [6, 6.07) is 9.69. The Labute approximate surface area is 171 Å². The van der Waals surface area contributed by atoms with Crippen LogP contribution in [0.3, 0.4) is 0 Å². The van der Waals surface area contributed by atoms with Gasteiger partial charge in [0.2, 0.25) is 17.7 Å². The second-order valence-corrected chi connectivity index (χ2v) is 8.14. The Bertz CT molecular complexity index is 890. The molecule has 2 aliphatic heterocycles. The molecule has 2 fully saturated rings. The van der Waals surface area contributed by atoms with Crippen LogP contribution in [0.2, 0.25) is 0 Å². The Hall–Kier alpha value is -2.63. The van der Waals surface area contributed by atoms with E-state index in [1.165, 1.54) is 0 Å². The molecule has 29 heavy (non-hydrogen) atoms. The van der Waals surface area contributed by atoms with Crippen molar-refractivity contribution in [1.82, 2.24) is 14.8 Å². The lowest BCUT2D eigenvalue weighted by molar-refractivity contribution is -0.155. The highest BCUT2D eigenvalue weighted by Crippen LogP contribution is 2.39. The number of hydrogen-bond donors (Lipinski definition) is 0. The largest absolute Gasteiger partial charge is 0.441 e. The number of nitrogens with zero attached hydrogens (tertiary/aromatic N) is 3. The van der Waals surface area contributed by atoms with Crippen molar-refractivity contribution >= 4 is 11.8 Å². The van der Waals surface area contributed by atoms with Gasteiger partial charge in [0.15, 0.2) is 0 Å². The van der Waals surface area contributed by atoms with Gasteiger partial charge in [-0.15, -0.1) is 0 Å². The third kappa shape index (κ3) is 3.56. The Morgan fingerprint density at radius 1 is 1.17 bits per heavy atom. The number of aryl methyl sites for hydroxylation is 1. The van der Waals surface area contributed by atoms with E-state index in [1.807, 2.05) is 47.1 Å². The van der Waals surface area contributed by atoms with Crippen LogP contribution in [0.25, 0.3) is 11.5 Å². The minimum absolute atomic E-state index is 0.0230. The molecule has 0 radical (unpaired) electrons. The van der Waals surface area contributed by atoms with Crippen molar-refractivity contribution in [2.75, 3.05) is 19.6 Å². The highest BCUT2D eigenvalue weighted by Gasteiger charge is 2.52. The Morgan fingerprint density at radius 2 is 1.90 bits per heavy atom. The summed E-state index contributed by atoms with van der Waals surface area (Å²) in [4.78, 5) is 34.9. The first-order valence-electron chi connectivity index (χ1n) is 10.7. The predicted octanol–water partition coefficient (Wildman–Crippen LogP) is 3.59. The summed E-state index contributed by atoms with van der Waals surface area (Å²) in [6.45, 7) is 6.15. The standard InChI is InChI=1S/C23H29N3O3/c1-3-13-25-14-7-11-23(22(25)28)12-8-15-26(23)20(27)16-19-17(2)29-21(24-19)18-9-5-4-6-10-18/h4-6,9-10H,3,7-8,11-16H2,1-2H3. The van der Waals surface area contributed by atoms with Gasteiger partial charge < -0.3 is 14.2 Å². The van der Waals surface area contributed by atoms with E-state index in [1.54, 1.807) is 0 Å². The van der Waals surface area contributed by atoms with Gasteiger partial charge in [-0.25, -0.2) is 4.98 Å². The quantitative estimate of drug-likeness (QED) is 0.776. The SMILES string of the molecule is CCCN1CCCC2(CCCN2C(=O)Cc2nc(-c3ccccc3)oc2C)C1=O. The number of amides is 2. The summed E-state index contributed by atoms with van der Waals surface area (Å²) in [5, 5.41) is 0. The van der Waals surface area contributed by atoms with Crippen molar-refractivity contribution in [3.05, 3.63) is 41.8 Å². The van der Waals surface area contributed by atoms with Gasteiger partial charge in [0.25, 0.3) is 0 Å². The number of oxazole rings is 1. The summed E-state index contributed by atoms with van der Waals surface area (Å²) in [5.74, 6) is 1.31. The normalized spacial score (nSPS) is 21.9. The molecule has 1 atom stereocenters. The third-order valence-corrected chi connectivity index (χ3v) is 6.22. The summed E-state index contributed by atoms with van der Waals surface area (Å²) < 4.78 is 5.81. The molecular weight excluding hydrogens is 366 g/mol. The number of hydrogen-bond acceptors (Lipinski definition) is 4. The van der Waals surface area contributed by atoms with Crippen LogP contribution in [0.5, 0.6) is 0 Å². The van der Waals surface area contributed by atoms with Gasteiger partial charge in [0.05, 0.1) is 12.1 Å². The van der Waals surface area contributed by atoms with Gasteiger partial charge in [0.1, 0.15) is 11.3 Å². The first-order valence-corrected chi connectivity index (χ1v) is 10.7. The highest BCUT2D eigenvalue weighted by atomic mass is 16.4. The molecule has 4 rings (SSSR count). The topological polar surface area (TPSA) is 66.7 Å². The molecule has 2 aliphatic rings. The summed E-state index contributed by atoms with van der Waals surface area (Å²) >= 11 is 0. The number of likely N-dealkylation sites (tertiary alicyclic amines) is 2. The summed E-state index contributed by atoms with van der Waals surface area (Å²) in [6.07, 6.45) is 4.48. The van der Waals surface area contributed by atoms with Crippen LogP contribution >= 0.6 is 0 Å². The number of piperidine rings is 1. The number of carbonyl (C=O) groups excluding carboxylic acids is 2. The molecule has 1 spiro atoms. The zero-order chi connectivity index (χ0) is 20.4. The second kappa shape index (κ2) is 8.01. The van der Waals surface area contributed by atoms with Gasteiger partial charge in [-0.2, -0.15) is 0 Å².